The van der Waals surface area contributed by atoms with Crippen molar-refractivity contribution in [1.29, 1.82) is 0 Å². The molecule has 0 aromatic heterocycles. The molecule has 13 heavy (non-hydrogen) atoms. The molecule has 0 radical (unpaired) electrons. The number of carbonyl (C=O) groups excluding carboxylic acids is 1. The van der Waals surface area contributed by atoms with Crippen molar-refractivity contribution in [3.63, 3.8) is 0 Å². The van der Waals surface area contributed by atoms with E-state index >= 15 is 0 Å². The largest absolute Gasteiger partial charge is 0.356 e. The van der Waals surface area contributed by atoms with Gasteiger partial charge >= 0.3 is 0 Å². The van der Waals surface area contributed by atoms with Gasteiger partial charge in [0, 0.05) is 7.05 Å². The fourth-order valence-electron chi connectivity index (χ4n) is 0.541. The number of nitrogens with one attached hydrogen (secondary N) is 1. The molecular weight excluding hydrogens is 194 g/mol. The molecule has 0 saturated carbocycles. The Morgan fingerprint density at radius 1 is 1.54 bits per heavy atom. The average molecular weight is 207 g/mol. The Bertz CT molecular complexity index is 281. The third kappa shape index (κ3) is 9.03. The van der Waals surface area contributed by atoms with E-state index in [0.717, 1.165) is 6.26 Å². The van der Waals surface area contributed by atoms with E-state index < -0.39 is 10.1 Å². The predicted molar refractivity (Wildman–Crippen MR) is 48.6 cm³/mol. The molecule has 0 unspecified atom stereocenters. The molecule has 0 rings (SSSR count). The van der Waals surface area contributed by atoms with E-state index in [0.29, 0.717) is 6.42 Å². The Kier molecular flexibility index (Phi) is 5.33. The third-order valence-electron chi connectivity index (χ3n) is 1.10. The summed E-state index contributed by atoms with van der Waals surface area (Å²) in [4.78, 5) is 10.6. The second-order valence-corrected chi connectivity index (χ2v) is 3.98. The lowest BCUT2D eigenvalue weighted by atomic mass is 10.4. The van der Waals surface area contributed by atoms with Gasteiger partial charge in [-0.3, -0.25) is 8.98 Å². The molecule has 6 heteroatoms. The molecule has 0 fully saturated rings. The molecule has 0 aliphatic carbocycles. The number of rotatable bonds is 5. The zero-order valence-corrected chi connectivity index (χ0v) is 8.43. The van der Waals surface area contributed by atoms with Crippen LogP contribution in [0.1, 0.15) is 6.42 Å². The van der Waals surface area contributed by atoms with Crippen LogP contribution in [0.5, 0.6) is 0 Å². The molecule has 76 valence electrons. The second-order valence-electron chi connectivity index (χ2n) is 2.33. The highest BCUT2D eigenvalue weighted by molar-refractivity contribution is 7.85. The molecule has 0 aromatic rings. The zero-order valence-electron chi connectivity index (χ0n) is 7.61. The molecule has 0 atom stereocenters. The van der Waals surface area contributed by atoms with Crippen LogP contribution in [0.2, 0.25) is 0 Å². The minimum atomic E-state index is -3.36. The van der Waals surface area contributed by atoms with Crippen molar-refractivity contribution >= 4 is 16.0 Å². The van der Waals surface area contributed by atoms with Gasteiger partial charge in [-0.05, 0) is 12.5 Å². The molecule has 0 saturated heterocycles. The Hall–Kier alpha value is -0.880. The number of amides is 1. The predicted octanol–water partition coefficient (Wildman–Crippen LogP) is -0.345. The molecule has 0 aliphatic heterocycles. The monoisotopic (exact) mass is 207 g/mol. The number of carbonyl (C=O) groups is 1. The first kappa shape index (κ1) is 12.1. The van der Waals surface area contributed by atoms with Crippen LogP contribution in [0, 0.1) is 0 Å². The summed E-state index contributed by atoms with van der Waals surface area (Å²) in [6.07, 6.45) is 4.24. The van der Waals surface area contributed by atoms with E-state index in [9.17, 15) is 13.2 Å². The third-order valence-corrected chi connectivity index (χ3v) is 1.69. The quantitative estimate of drug-likeness (QED) is 0.380. The van der Waals surface area contributed by atoms with Gasteiger partial charge in [0.15, 0.2) is 0 Å². The van der Waals surface area contributed by atoms with Gasteiger partial charge in [-0.25, -0.2) is 0 Å². The molecule has 1 amide bonds. The van der Waals surface area contributed by atoms with E-state index in [4.69, 9.17) is 0 Å². The van der Waals surface area contributed by atoms with Crippen LogP contribution in [0.3, 0.4) is 0 Å². The fraction of sp³-hybridized carbons (Fsp3) is 0.571. The first-order valence-corrected chi connectivity index (χ1v) is 5.50. The molecule has 0 aliphatic rings. The van der Waals surface area contributed by atoms with Crippen LogP contribution in [-0.2, 0) is 19.1 Å². The molecule has 0 spiro atoms. The second kappa shape index (κ2) is 5.71. The Balaban J connectivity index is 3.58. The van der Waals surface area contributed by atoms with Crippen molar-refractivity contribution in [2.24, 2.45) is 0 Å². The summed E-state index contributed by atoms with van der Waals surface area (Å²) in [5, 5.41) is 2.39. The van der Waals surface area contributed by atoms with Crippen molar-refractivity contribution in [3.05, 3.63) is 12.2 Å². The lowest BCUT2D eigenvalue weighted by molar-refractivity contribution is -0.116. The number of hydrogen-bond donors (Lipinski definition) is 1. The lowest BCUT2D eigenvalue weighted by Gasteiger charge is -1.96. The summed E-state index contributed by atoms with van der Waals surface area (Å²) >= 11 is 0. The van der Waals surface area contributed by atoms with Crippen LogP contribution >= 0.6 is 0 Å². The van der Waals surface area contributed by atoms with Gasteiger partial charge < -0.3 is 5.32 Å². The molecule has 5 nitrogen and oxygen atoms in total. The normalized spacial score (nSPS) is 11.8. The Labute approximate surface area is 77.9 Å². The van der Waals surface area contributed by atoms with Gasteiger partial charge in [-0.15, -0.1) is 0 Å². The molecule has 0 bridgehead atoms. The summed E-state index contributed by atoms with van der Waals surface area (Å²) in [5.74, 6) is -0.223. The fourth-order valence-corrected chi connectivity index (χ4v) is 0.940. The minimum absolute atomic E-state index is 0.0618. The summed E-state index contributed by atoms with van der Waals surface area (Å²) in [7, 11) is -1.85. The molecule has 0 heterocycles. The maximum absolute atomic E-state index is 10.6. The molecule has 1 N–H and O–H groups in total. The van der Waals surface area contributed by atoms with Crippen LogP contribution < -0.4 is 5.32 Å². The van der Waals surface area contributed by atoms with E-state index in [2.05, 4.69) is 9.50 Å². The molecular formula is C7H13NO4S. The van der Waals surface area contributed by atoms with E-state index in [-0.39, 0.29) is 12.5 Å². The van der Waals surface area contributed by atoms with Crippen molar-refractivity contribution in [3.8, 4) is 0 Å². The maximum Gasteiger partial charge on any atom is 0.264 e. The van der Waals surface area contributed by atoms with Gasteiger partial charge in [0.1, 0.15) is 0 Å². The van der Waals surface area contributed by atoms with Crippen molar-refractivity contribution in [2.75, 3.05) is 19.9 Å². The van der Waals surface area contributed by atoms with Crippen molar-refractivity contribution in [1.82, 2.24) is 5.32 Å². The number of likely N-dealkylation sites (N-methyl/N-ethyl adjacent to an activating group) is 1. The zero-order chi connectivity index (χ0) is 10.3. The number of hydrogen-bond acceptors (Lipinski definition) is 4. The SMILES string of the molecule is CNC(=O)/C=C/CCOS(C)(=O)=O. The van der Waals surface area contributed by atoms with Crippen molar-refractivity contribution in [2.45, 2.75) is 6.42 Å². The van der Waals surface area contributed by atoms with Crippen molar-refractivity contribution < 1.29 is 17.4 Å². The van der Waals surface area contributed by atoms with Gasteiger partial charge in [0.2, 0.25) is 5.91 Å². The highest BCUT2D eigenvalue weighted by atomic mass is 32.2. The summed E-state index contributed by atoms with van der Waals surface area (Å²) in [6.45, 7) is 0.0618. The van der Waals surface area contributed by atoms with Gasteiger partial charge in [0.05, 0.1) is 12.9 Å². The van der Waals surface area contributed by atoms with Gasteiger partial charge in [-0.1, -0.05) is 6.08 Å². The maximum atomic E-state index is 10.6. The highest BCUT2D eigenvalue weighted by Gasteiger charge is 1.98. The first-order chi connectivity index (χ1) is 5.95. The summed E-state index contributed by atoms with van der Waals surface area (Å²) in [6, 6.07) is 0. The van der Waals surface area contributed by atoms with Crippen LogP contribution in [0.4, 0.5) is 0 Å². The van der Waals surface area contributed by atoms with E-state index in [1.807, 2.05) is 0 Å². The Morgan fingerprint density at radius 3 is 2.62 bits per heavy atom. The average Bonchev–Trinajstić information content (AvgIpc) is 2.01. The summed E-state index contributed by atoms with van der Waals surface area (Å²) in [5.41, 5.74) is 0. The summed E-state index contributed by atoms with van der Waals surface area (Å²) < 4.78 is 25.4. The smallest absolute Gasteiger partial charge is 0.264 e. The standard InChI is InChI=1S/C7H13NO4S/c1-8-7(9)5-3-4-6-12-13(2,10)11/h3,5H,4,6H2,1-2H3,(H,8,9)/b5-3+. The first-order valence-electron chi connectivity index (χ1n) is 3.68. The van der Waals surface area contributed by atoms with E-state index in [1.54, 1.807) is 6.08 Å². The van der Waals surface area contributed by atoms with Crippen LogP contribution in [-0.4, -0.2) is 34.2 Å². The molecule has 0 aromatic carbocycles. The topological polar surface area (TPSA) is 72.5 Å². The lowest BCUT2D eigenvalue weighted by Crippen LogP contribution is -2.14. The van der Waals surface area contributed by atoms with E-state index in [1.165, 1.54) is 13.1 Å². The van der Waals surface area contributed by atoms with Crippen LogP contribution in [0.25, 0.3) is 0 Å². The Morgan fingerprint density at radius 2 is 2.15 bits per heavy atom. The minimum Gasteiger partial charge on any atom is -0.356 e. The van der Waals surface area contributed by atoms with Gasteiger partial charge in [0.25, 0.3) is 10.1 Å². The van der Waals surface area contributed by atoms with Crippen LogP contribution in [0.15, 0.2) is 12.2 Å². The van der Waals surface area contributed by atoms with Gasteiger partial charge in [-0.2, -0.15) is 8.42 Å². The highest BCUT2D eigenvalue weighted by Crippen LogP contribution is 1.90.